The van der Waals surface area contributed by atoms with Gasteiger partial charge < -0.3 is 5.32 Å². The molecule has 0 aromatic heterocycles. The Hall–Kier alpha value is -1.93. The smallest absolute Gasteiger partial charge is 0.234 e. The maximum absolute atomic E-state index is 12.7. The van der Waals surface area contributed by atoms with Gasteiger partial charge in [-0.15, -0.1) is 0 Å². The number of hydrogen-bond acceptors (Lipinski definition) is 3. The number of benzene rings is 1. The van der Waals surface area contributed by atoms with Crippen LogP contribution in [0.15, 0.2) is 24.3 Å². The summed E-state index contributed by atoms with van der Waals surface area (Å²) in [7, 11) is 1.81. The Bertz CT molecular complexity index is 425. The van der Waals surface area contributed by atoms with E-state index in [-0.39, 0.29) is 18.3 Å². The van der Waals surface area contributed by atoms with Crippen LogP contribution in [0.25, 0.3) is 0 Å². The molecule has 1 amide bonds. The Kier molecular flexibility index (Phi) is 5.81. The van der Waals surface area contributed by atoms with Gasteiger partial charge in [-0.1, -0.05) is 12.1 Å². The van der Waals surface area contributed by atoms with Crippen LogP contribution in [-0.2, 0) is 11.3 Å². The molecule has 1 rings (SSSR count). The number of carbonyl (C=O) groups is 1. The number of carbonyl (C=O) groups excluding carboxylic acids is 1. The summed E-state index contributed by atoms with van der Waals surface area (Å²) in [6.07, 6.45) is 0.313. The lowest BCUT2D eigenvalue weighted by atomic mass is 10.2. The van der Waals surface area contributed by atoms with Crippen molar-refractivity contribution < 1.29 is 9.18 Å². The van der Waals surface area contributed by atoms with Gasteiger partial charge in [0.1, 0.15) is 5.82 Å². The molecule has 1 aromatic carbocycles. The van der Waals surface area contributed by atoms with Crippen molar-refractivity contribution >= 4 is 5.91 Å². The number of nitrogens with one attached hydrogen (secondary N) is 1. The van der Waals surface area contributed by atoms with E-state index in [1.54, 1.807) is 12.1 Å². The highest BCUT2D eigenvalue weighted by Crippen LogP contribution is 2.05. The molecule has 1 aromatic rings. The quantitative estimate of drug-likeness (QED) is 0.773. The van der Waals surface area contributed by atoms with E-state index in [0.29, 0.717) is 19.5 Å². The first-order valence-corrected chi connectivity index (χ1v) is 5.68. The lowest BCUT2D eigenvalue weighted by molar-refractivity contribution is -0.122. The molecule has 0 aliphatic carbocycles. The molecule has 0 unspecified atom stereocenters. The molecule has 96 valence electrons. The number of hydrogen-bond donors (Lipinski definition) is 1. The number of likely N-dealkylation sites (N-methyl/N-ethyl adjacent to an activating group) is 1. The zero-order valence-electron chi connectivity index (χ0n) is 10.3. The number of rotatable bonds is 6. The molecule has 0 aliphatic heterocycles. The van der Waals surface area contributed by atoms with Crippen molar-refractivity contribution in [2.75, 3.05) is 20.1 Å². The van der Waals surface area contributed by atoms with Crippen LogP contribution < -0.4 is 5.32 Å². The highest BCUT2D eigenvalue weighted by atomic mass is 19.1. The molecule has 0 spiro atoms. The van der Waals surface area contributed by atoms with Crippen LogP contribution in [0.3, 0.4) is 0 Å². The summed E-state index contributed by atoms with van der Waals surface area (Å²) in [6, 6.07) is 8.14. The molecular weight excluding hydrogens is 233 g/mol. The first kappa shape index (κ1) is 14.1. The minimum atomic E-state index is -0.268. The molecule has 0 saturated heterocycles. The van der Waals surface area contributed by atoms with Gasteiger partial charge in [0, 0.05) is 13.1 Å². The van der Waals surface area contributed by atoms with Crippen LogP contribution in [0, 0.1) is 17.1 Å². The van der Waals surface area contributed by atoms with Crippen molar-refractivity contribution in [1.29, 1.82) is 5.26 Å². The molecule has 5 heteroatoms. The fraction of sp³-hybridized carbons (Fsp3) is 0.385. The summed E-state index contributed by atoms with van der Waals surface area (Å²) >= 11 is 0. The van der Waals surface area contributed by atoms with Crippen LogP contribution in [0.5, 0.6) is 0 Å². The second-order valence-electron chi connectivity index (χ2n) is 4.06. The SMILES string of the molecule is CN(CC(=O)NCCC#N)Cc1ccc(F)cc1. The van der Waals surface area contributed by atoms with Crippen molar-refractivity contribution in [2.45, 2.75) is 13.0 Å². The summed E-state index contributed by atoms with van der Waals surface area (Å²) in [5.74, 6) is -0.384. The maximum Gasteiger partial charge on any atom is 0.234 e. The summed E-state index contributed by atoms with van der Waals surface area (Å²) < 4.78 is 12.7. The minimum absolute atomic E-state index is 0.116. The zero-order valence-corrected chi connectivity index (χ0v) is 10.3. The third-order valence-electron chi connectivity index (χ3n) is 2.34. The molecule has 0 bridgehead atoms. The average molecular weight is 249 g/mol. The van der Waals surface area contributed by atoms with Crippen LogP contribution in [-0.4, -0.2) is 30.9 Å². The lowest BCUT2D eigenvalue weighted by Crippen LogP contribution is -2.35. The Morgan fingerprint density at radius 3 is 2.72 bits per heavy atom. The van der Waals surface area contributed by atoms with Crippen molar-refractivity contribution in [2.24, 2.45) is 0 Å². The van der Waals surface area contributed by atoms with Crippen LogP contribution >= 0.6 is 0 Å². The average Bonchev–Trinajstić information content (AvgIpc) is 2.32. The number of nitriles is 1. The van der Waals surface area contributed by atoms with Gasteiger partial charge in [-0.25, -0.2) is 4.39 Å². The molecule has 0 saturated carbocycles. The van der Waals surface area contributed by atoms with E-state index in [0.717, 1.165) is 5.56 Å². The molecule has 0 aliphatic rings. The molecule has 0 atom stereocenters. The van der Waals surface area contributed by atoms with E-state index in [1.807, 2.05) is 18.0 Å². The Morgan fingerprint density at radius 1 is 1.44 bits per heavy atom. The highest BCUT2D eigenvalue weighted by molar-refractivity contribution is 5.77. The largest absolute Gasteiger partial charge is 0.354 e. The standard InChI is InChI=1S/C13H16FN3O/c1-17(10-13(18)16-8-2-7-15)9-11-3-5-12(14)6-4-11/h3-6H,2,8-10H2,1H3,(H,16,18). The zero-order chi connectivity index (χ0) is 13.4. The maximum atomic E-state index is 12.7. The number of nitrogens with zero attached hydrogens (tertiary/aromatic N) is 2. The third kappa shape index (κ3) is 5.41. The van der Waals surface area contributed by atoms with Gasteiger partial charge in [0.05, 0.1) is 19.0 Å². The fourth-order valence-corrected chi connectivity index (χ4v) is 1.52. The molecule has 1 N–H and O–H groups in total. The van der Waals surface area contributed by atoms with E-state index in [9.17, 15) is 9.18 Å². The first-order valence-electron chi connectivity index (χ1n) is 5.68. The third-order valence-corrected chi connectivity index (χ3v) is 2.34. The van der Waals surface area contributed by atoms with Gasteiger partial charge in [-0.05, 0) is 24.7 Å². The topological polar surface area (TPSA) is 56.1 Å². The molecular formula is C13H16FN3O. The normalized spacial score (nSPS) is 10.1. The van der Waals surface area contributed by atoms with Gasteiger partial charge in [0.25, 0.3) is 0 Å². The van der Waals surface area contributed by atoms with Crippen LogP contribution in [0.4, 0.5) is 4.39 Å². The molecule has 0 heterocycles. The van der Waals surface area contributed by atoms with Crippen molar-refractivity contribution in [3.8, 4) is 6.07 Å². The van der Waals surface area contributed by atoms with Crippen molar-refractivity contribution in [3.05, 3.63) is 35.6 Å². The van der Waals surface area contributed by atoms with Crippen LogP contribution in [0.2, 0.25) is 0 Å². The predicted molar refractivity (Wildman–Crippen MR) is 66.0 cm³/mol. The van der Waals surface area contributed by atoms with Gasteiger partial charge in [0.15, 0.2) is 0 Å². The second-order valence-corrected chi connectivity index (χ2v) is 4.06. The molecule has 4 nitrogen and oxygen atoms in total. The summed E-state index contributed by atoms with van der Waals surface area (Å²) in [6.45, 7) is 1.20. The molecule has 18 heavy (non-hydrogen) atoms. The summed E-state index contributed by atoms with van der Waals surface area (Å²) in [5, 5.41) is 11.0. The minimum Gasteiger partial charge on any atom is -0.354 e. The van der Waals surface area contributed by atoms with Gasteiger partial charge in [0.2, 0.25) is 5.91 Å². The Balaban J connectivity index is 2.33. The van der Waals surface area contributed by atoms with E-state index in [1.165, 1.54) is 12.1 Å². The van der Waals surface area contributed by atoms with Gasteiger partial charge in [-0.2, -0.15) is 5.26 Å². The predicted octanol–water partition coefficient (Wildman–Crippen LogP) is 1.29. The number of halogens is 1. The van der Waals surface area contributed by atoms with Crippen molar-refractivity contribution in [3.63, 3.8) is 0 Å². The number of amides is 1. The van der Waals surface area contributed by atoms with Crippen molar-refractivity contribution in [1.82, 2.24) is 10.2 Å². The van der Waals surface area contributed by atoms with Crippen LogP contribution in [0.1, 0.15) is 12.0 Å². The van der Waals surface area contributed by atoms with E-state index < -0.39 is 0 Å². The Morgan fingerprint density at radius 2 is 2.11 bits per heavy atom. The second kappa shape index (κ2) is 7.41. The van der Waals surface area contributed by atoms with Gasteiger partial charge in [-0.3, -0.25) is 9.69 Å². The molecule has 0 fully saturated rings. The Labute approximate surface area is 106 Å². The highest BCUT2D eigenvalue weighted by Gasteiger charge is 2.06. The summed E-state index contributed by atoms with van der Waals surface area (Å²) in [4.78, 5) is 13.3. The van der Waals surface area contributed by atoms with E-state index >= 15 is 0 Å². The molecule has 0 radical (unpaired) electrons. The van der Waals surface area contributed by atoms with E-state index in [4.69, 9.17) is 5.26 Å². The van der Waals surface area contributed by atoms with E-state index in [2.05, 4.69) is 5.32 Å². The lowest BCUT2D eigenvalue weighted by Gasteiger charge is -2.16. The monoisotopic (exact) mass is 249 g/mol. The fourth-order valence-electron chi connectivity index (χ4n) is 1.52. The van der Waals surface area contributed by atoms with Gasteiger partial charge >= 0.3 is 0 Å². The summed E-state index contributed by atoms with van der Waals surface area (Å²) in [5.41, 5.74) is 0.948. The first-order chi connectivity index (χ1) is 8.61.